The molecule has 1 aliphatic heterocycles. The number of para-hydroxylation sites is 1. The van der Waals surface area contributed by atoms with Gasteiger partial charge in [0.1, 0.15) is 12.6 Å². The molecule has 2 aromatic heterocycles. The maximum absolute atomic E-state index is 10.1. The zero-order chi connectivity index (χ0) is 21.1. The smallest absolute Gasteiger partial charge is 0.207 e. The quantitative estimate of drug-likeness (QED) is 0.597. The van der Waals surface area contributed by atoms with Gasteiger partial charge in [0, 0.05) is 18.0 Å². The first-order valence-electron chi connectivity index (χ1n) is 10.8. The molecule has 0 spiro atoms. The molecule has 1 aliphatic rings. The van der Waals surface area contributed by atoms with Crippen LogP contribution in [0.25, 0.3) is 17.1 Å². The summed E-state index contributed by atoms with van der Waals surface area (Å²) >= 11 is 5.97. The lowest BCUT2D eigenvalue weighted by molar-refractivity contribution is -0.931. The second-order valence-electron chi connectivity index (χ2n) is 7.97. The molecule has 1 fully saturated rings. The molecule has 0 radical (unpaired) electrons. The van der Waals surface area contributed by atoms with Crippen LogP contribution in [0.4, 0.5) is 0 Å². The van der Waals surface area contributed by atoms with E-state index in [1.807, 2.05) is 23.0 Å². The van der Waals surface area contributed by atoms with Gasteiger partial charge in [0.15, 0.2) is 12.5 Å². The zero-order valence-electron chi connectivity index (χ0n) is 17.7. The second-order valence-corrected chi connectivity index (χ2v) is 8.34. The van der Waals surface area contributed by atoms with Crippen LogP contribution in [0.1, 0.15) is 37.8 Å². The first-order chi connectivity index (χ1) is 14.6. The van der Waals surface area contributed by atoms with E-state index in [4.69, 9.17) is 17.3 Å². The van der Waals surface area contributed by atoms with Crippen LogP contribution in [-0.4, -0.2) is 43.6 Å². The fourth-order valence-corrected chi connectivity index (χ4v) is 4.66. The van der Waals surface area contributed by atoms with Crippen LogP contribution >= 0.6 is 12.2 Å². The lowest BCUT2D eigenvalue weighted by atomic mass is 10.0. The van der Waals surface area contributed by atoms with Gasteiger partial charge >= 0.3 is 0 Å². The van der Waals surface area contributed by atoms with Crippen molar-refractivity contribution >= 4 is 12.2 Å². The van der Waals surface area contributed by atoms with E-state index in [-0.39, 0.29) is 6.10 Å². The SMILES string of the molecule is CCc1cccc(CC)c1-n1c(-c2cccnc2)nn(C[NH+]2CCC[C@H](O)C2)c1=S. The van der Waals surface area contributed by atoms with Crippen LogP contribution in [0, 0.1) is 4.77 Å². The van der Waals surface area contributed by atoms with Gasteiger partial charge in [0.05, 0.1) is 12.2 Å². The summed E-state index contributed by atoms with van der Waals surface area (Å²) < 4.78 is 4.75. The monoisotopic (exact) mass is 424 g/mol. The van der Waals surface area contributed by atoms with E-state index in [1.54, 1.807) is 6.20 Å². The van der Waals surface area contributed by atoms with Gasteiger partial charge in [-0.15, -0.1) is 5.10 Å². The van der Waals surface area contributed by atoms with Crippen LogP contribution in [0.5, 0.6) is 0 Å². The van der Waals surface area contributed by atoms with Crippen LogP contribution in [0.15, 0.2) is 42.7 Å². The maximum Gasteiger partial charge on any atom is 0.207 e. The molecule has 2 N–H and O–H groups in total. The van der Waals surface area contributed by atoms with Gasteiger partial charge in [0.25, 0.3) is 0 Å². The lowest BCUT2D eigenvalue weighted by Crippen LogP contribution is -3.13. The predicted molar refractivity (Wildman–Crippen MR) is 120 cm³/mol. The summed E-state index contributed by atoms with van der Waals surface area (Å²) in [6.45, 7) is 6.78. The standard InChI is InChI=1S/C23H29N5OS/c1-3-17-8-5-9-18(4-2)21(17)28-22(19-10-6-12-24-14-19)25-27(23(28)30)16-26-13-7-11-20(29)15-26/h5-6,8-10,12,14,20,29H,3-4,7,11,13,15-16H2,1-2H3/p+1/t20-/m0/s1. The molecule has 30 heavy (non-hydrogen) atoms. The van der Waals surface area contributed by atoms with Crippen LogP contribution in [-0.2, 0) is 19.5 Å². The summed E-state index contributed by atoms with van der Waals surface area (Å²) in [7, 11) is 0. The number of hydrogen-bond donors (Lipinski definition) is 2. The molecule has 0 amide bonds. The molecule has 6 nitrogen and oxygen atoms in total. The van der Waals surface area contributed by atoms with E-state index in [0.29, 0.717) is 11.4 Å². The fraction of sp³-hybridized carbons (Fsp3) is 0.435. The molecule has 1 saturated heterocycles. The molecule has 3 aromatic rings. The highest BCUT2D eigenvalue weighted by Crippen LogP contribution is 2.28. The minimum Gasteiger partial charge on any atom is -0.387 e. The number of benzene rings is 1. The number of rotatable bonds is 6. The Morgan fingerprint density at radius 1 is 1.17 bits per heavy atom. The van der Waals surface area contributed by atoms with Gasteiger partial charge in [-0.1, -0.05) is 32.0 Å². The van der Waals surface area contributed by atoms with Crippen molar-refractivity contribution in [3.05, 3.63) is 58.6 Å². The Bertz CT molecular complexity index is 1040. The van der Waals surface area contributed by atoms with Crippen LogP contribution in [0.2, 0.25) is 0 Å². The second kappa shape index (κ2) is 9.20. The summed E-state index contributed by atoms with van der Waals surface area (Å²) in [6, 6.07) is 10.4. The Balaban J connectivity index is 1.88. The predicted octanol–water partition coefficient (Wildman–Crippen LogP) is 2.59. The summed E-state index contributed by atoms with van der Waals surface area (Å²) in [6.07, 6.45) is 7.13. The highest BCUT2D eigenvalue weighted by atomic mass is 32.1. The van der Waals surface area contributed by atoms with Gasteiger partial charge in [-0.25, -0.2) is 0 Å². The van der Waals surface area contributed by atoms with Crippen molar-refractivity contribution in [3.8, 4) is 17.1 Å². The summed E-state index contributed by atoms with van der Waals surface area (Å²) in [4.78, 5) is 5.62. The molecule has 3 heterocycles. The molecule has 4 rings (SSSR count). The summed E-state index contributed by atoms with van der Waals surface area (Å²) in [5, 5.41) is 15.0. The third-order valence-electron chi connectivity index (χ3n) is 5.91. The summed E-state index contributed by atoms with van der Waals surface area (Å²) in [5.41, 5.74) is 4.61. The number of quaternary nitrogens is 1. The van der Waals surface area contributed by atoms with Crippen LogP contribution in [0.3, 0.4) is 0 Å². The molecule has 7 heteroatoms. The first-order valence-corrected chi connectivity index (χ1v) is 11.3. The van der Waals surface area contributed by atoms with Crippen molar-refractivity contribution in [1.29, 1.82) is 0 Å². The minimum atomic E-state index is -0.240. The average molecular weight is 425 g/mol. The van der Waals surface area contributed by atoms with Gasteiger partial charge in [0.2, 0.25) is 4.77 Å². The van der Waals surface area contributed by atoms with Crippen molar-refractivity contribution in [2.75, 3.05) is 13.1 Å². The molecule has 158 valence electrons. The van der Waals surface area contributed by atoms with Crippen molar-refractivity contribution < 1.29 is 10.0 Å². The Hall–Kier alpha value is -2.35. The van der Waals surface area contributed by atoms with E-state index in [2.05, 4.69) is 41.6 Å². The molecule has 1 unspecified atom stereocenters. The van der Waals surface area contributed by atoms with Gasteiger partial charge in [-0.2, -0.15) is 4.68 Å². The fourth-order valence-electron chi connectivity index (χ4n) is 4.38. The Morgan fingerprint density at radius 2 is 1.93 bits per heavy atom. The summed E-state index contributed by atoms with van der Waals surface area (Å²) in [5.74, 6) is 0.820. The molecule has 1 aromatic carbocycles. The average Bonchev–Trinajstić information content (AvgIpc) is 3.09. The molecule has 2 atom stereocenters. The number of piperidine rings is 1. The lowest BCUT2D eigenvalue weighted by Gasteiger charge is -2.26. The van der Waals surface area contributed by atoms with Gasteiger partial charge < -0.3 is 10.0 Å². The zero-order valence-corrected chi connectivity index (χ0v) is 18.5. The maximum atomic E-state index is 10.1. The Morgan fingerprint density at radius 3 is 2.57 bits per heavy atom. The molecule has 0 bridgehead atoms. The molecular formula is C23H30N5OS+. The highest BCUT2D eigenvalue weighted by Gasteiger charge is 2.24. The number of nitrogens with one attached hydrogen (secondary N) is 1. The van der Waals surface area contributed by atoms with Crippen LogP contribution < -0.4 is 4.90 Å². The van der Waals surface area contributed by atoms with E-state index in [1.165, 1.54) is 16.0 Å². The normalized spacial score (nSPS) is 19.2. The largest absolute Gasteiger partial charge is 0.387 e. The number of aliphatic hydroxyl groups is 1. The van der Waals surface area contributed by atoms with Crippen molar-refractivity contribution in [1.82, 2.24) is 19.3 Å². The highest BCUT2D eigenvalue weighted by molar-refractivity contribution is 7.71. The van der Waals surface area contributed by atoms with E-state index in [9.17, 15) is 5.11 Å². The third-order valence-corrected chi connectivity index (χ3v) is 6.31. The van der Waals surface area contributed by atoms with Gasteiger partial charge in [-0.3, -0.25) is 9.55 Å². The van der Waals surface area contributed by atoms with Crippen molar-refractivity contribution in [2.45, 2.75) is 52.3 Å². The van der Waals surface area contributed by atoms with Crippen molar-refractivity contribution in [2.24, 2.45) is 0 Å². The van der Waals surface area contributed by atoms with E-state index in [0.717, 1.165) is 55.8 Å². The minimum absolute atomic E-state index is 0.240. The number of aryl methyl sites for hydroxylation is 2. The van der Waals surface area contributed by atoms with E-state index >= 15 is 0 Å². The number of aliphatic hydroxyl groups excluding tert-OH is 1. The number of aromatic nitrogens is 4. The van der Waals surface area contributed by atoms with Gasteiger partial charge in [-0.05, 0) is 61.2 Å². The van der Waals surface area contributed by atoms with E-state index < -0.39 is 0 Å². The van der Waals surface area contributed by atoms with Crippen molar-refractivity contribution in [3.63, 3.8) is 0 Å². The third kappa shape index (κ3) is 4.10. The topological polar surface area (TPSA) is 60.3 Å². The molecule has 0 saturated carbocycles. The number of hydrogen-bond acceptors (Lipinski definition) is 4. The number of likely N-dealkylation sites (tertiary alicyclic amines) is 1. The number of pyridine rings is 1. The molecular weight excluding hydrogens is 394 g/mol. The molecule has 0 aliphatic carbocycles. The Labute approximate surface area is 182 Å². The Kier molecular flexibility index (Phi) is 6.41. The first kappa shape index (κ1) is 20.9. The number of nitrogens with zero attached hydrogens (tertiary/aromatic N) is 4.